The molecule has 0 fully saturated rings. The average molecular weight is 318 g/mol. The third-order valence-corrected chi connectivity index (χ3v) is 3.86. The predicted octanol–water partition coefficient (Wildman–Crippen LogP) is 2.72. The topological polar surface area (TPSA) is 109 Å². The normalized spacial score (nSPS) is 12.0. The van der Waals surface area contributed by atoms with Gasteiger partial charge in [0.25, 0.3) is 10.1 Å². The molecule has 3 N–H and O–H groups in total. The standard InChI is InChI=1S/C13H22N2O5S/c1-5-9(6-2)12(16)15-11-7-10(21(17,18)19)13(20-11)14-8(3)4/h7-9,14H,5-6H2,1-4H3,(H,15,16)(H,17,18,19). The van der Waals surface area contributed by atoms with E-state index in [4.69, 9.17) is 4.42 Å². The van der Waals surface area contributed by atoms with Gasteiger partial charge >= 0.3 is 0 Å². The average Bonchev–Trinajstić information content (AvgIpc) is 2.72. The summed E-state index contributed by atoms with van der Waals surface area (Å²) in [5.74, 6) is -0.521. The Morgan fingerprint density at radius 2 is 1.90 bits per heavy atom. The highest BCUT2D eigenvalue weighted by Gasteiger charge is 2.24. The van der Waals surface area contributed by atoms with Gasteiger partial charge < -0.3 is 9.73 Å². The van der Waals surface area contributed by atoms with Gasteiger partial charge in [-0.3, -0.25) is 14.7 Å². The fourth-order valence-corrected chi connectivity index (χ4v) is 2.46. The summed E-state index contributed by atoms with van der Waals surface area (Å²) < 4.78 is 37.1. The van der Waals surface area contributed by atoms with Gasteiger partial charge in [0.15, 0.2) is 4.90 Å². The molecule has 1 amide bonds. The summed E-state index contributed by atoms with van der Waals surface area (Å²) in [5.41, 5.74) is 0. The molecule has 0 aliphatic carbocycles. The van der Waals surface area contributed by atoms with E-state index < -0.39 is 15.0 Å². The minimum Gasteiger partial charge on any atom is -0.423 e. The molecule has 0 saturated carbocycles. The minimum atomic E-state index is -4.43. The molecular formula is C13H22N2O5S. The van der Waals surface area contributed by atoms with Gasteiger partial charge in [0.1, 0.15) is 0 Å². The molecule has 0 unspecified atom stereocenters. The number of hydrogen-bond donors (Lipinski definition) is 3. The molecule has 8 heteroatoms. The van der Waals surface area contributed by atoms with E-state index in [1.165, 1.54) is 0 Å². The first-order chi connectivity index (χ1) is 9.68. The number of anilines is 2. The molecular weight excluding hydrogens is 296 g/mol. The fraction of sp³-hybridized carbons (Fsp3) is 0.615. The molecule has 1 aromatic rings. The van der Waals surface area contributed by atoms with Gasteiger partial charge in [-0.15, -0.1) is 0 Å². The zero-order chi connectivity index (χ0) is 16.2. The Hall–Kier alpha value is -1.54. The Labute approximate surface area is 124 Å². The molecule has 0 aliphatic heterocycles. The van der Waals surface area contributed by atoms with Gasteiger partial charge in [-0.2, -0.15) is 8.42 Å². The summed E-state index contributed by atoms with van der Waals surface area (Å²) in [4.78, 5) is 11.6. The lowest BCUT2D eigenvalue weighted by molar-refractivity contribution is -0.120. The number of carbonyl (C=O) groups is 1. The zero-order valence-electron chi connectivity index (χ0n) is 12.6. The highest BCUT2D eigenvalue weighted by atomic mass is 32.2. The van der Waals surface area contributed by atoms with Gasteiger partial charge in [0.2, 0.25) is 17.7 Å². The van der Waals surface area contributed by atoms with E-state index in [2.05, 4.69) is 10.6 Å². The van der Waals surface area contributed by atoms with Gasteiger partial charge in [0.05, 0.1) is 0 Å². The van der Waals surface area contributed by atoms with Crippen LogP contribution in [-0.4, -0.2) is 24.9 Å². The van der Waals surface area contributed by atoms with Crippen LogP contribution >= 0.6 is 0 Å². The van der Waals surface area contributed by atoms with E-state index in [-0.39, 0.29) is 29.6 Å². The third-order valence-electron chi connectivity index (χ3n) is 3.00. The van der Waals surface area contributed by atoms with Crippen LogP contribution in [-0.2, 0) is 14.9 Å². The Bertz CT molecular complexity index is 588. The predicted molar refractivity (Wildman–Crippen MR) is 80.0 cm³/mol. The Balaban J connectivity index is 3.05. The highest BCUT2D eigenvalue weighted by Crippen LogP contribution is 2.30. The minimum absolute atomic E-state index is 0.0114. The fourth-order valence-electron chi connectivity index (χ4n) is 1.87. The van der Waals surface area contributed by atoms with Crippen molar-refractivity contribution in [2.75, 3.05) is 10.6 Å². The van der Waals surface area contributed by atoms with E-state index >= 15 is 0 Å². The van der Waals surface area contributed by atoms with Crippen molar-refractivity contribution in [3.63, 3.8) is 0 Å². The Morgan fingerprint density at radius 3 is 2.33 bits per heavy atom. The van der Waals surface area contributed by atoms with Crippen LogP contribution in [0.5, 0.6) is 0 Å². The lowest BCUT2D eigenvalue weighted by atomic mass is 10.0. The smallest absolute Gasteiger partial charge is 0.300 e. The van der Waals surface area contributed by atoms with E-state index in [1.54, 1.807) is 13.8 Å². The van der Waals surface area contributed by atoms with Crippen molar-refractivity contribution in [2.45, 2.75) is 51.5 Å². The third kappa shape index (κ3) is 4.75. The first-order valence-corrected chi connectivity index (χ1v) is 8.31. The van der Waals surface area contributed by atoms with Crippen LogP contribution in [0.25, 0.3) is 0 Å². The van der Waals surface area contributed by atoms with Gasteiger partial charge in [-0.1, -0.05) is 13.8 Å². The molecule has 21 heavy (non-hydrogen) atoms. The van der Waals surface area contributed by atoms with Gasteiger partial charge in [-0.05, 0) is 26.7 Å². The van der Waals surface area contributed by atoms with E-state index in [1.807, 2.05) is 13.8 Å². The molecule has 0 saturated heterocycles. The number of rotatable bonds is 7. The van der Waals surface area contributed by atoms with Crippen molar-refractivity contribution >= 4 is 27.8 Å². The zero-order valence-corrected chi connectivity index (χ0v) is 13.5. The molecule has 1 rings (SSSR count). The second kappa shape index (κ2) is 6.95. The van der Waals surface area contributed by atoms with Crippen molar-refractivity contribution in [1.29, 1.82) is 0 Å². The molecule has 0 aliphatic rings. The summed E-state index contributed by atoms with van der Waals surface area (Å²) >= 11 is 0. The quantitative estimate of drug-likeness (QED) is 0.667. The van der Waals surface area contributed by atoms with Crippen molar-refractivity contribution in [3.8, 4) is 0 Å². The molecule has 1 heterocycles. The summed E-state index contributed by atoms with van der Waals surface area (Å²) in [6, 6.07) is 1.000. The SMILES string of the molecule is CCC(CC)C(=O)Nc1cc(S(=O)(=O)O)c(NC(C)C)o1. The number of carbonyl (C=O) groups excluding carboxylic acids is 1. The van der Waals surface area contributed by atoms with Crippen LogP contribution in [0.15, 0.2) is 15.4 Å². The highest BCUT2D eigenvalue weighted by molar-refractivity contribution is 7.86. The summed E-state index contributed by atoms with van der Waals surface area (Å²) in [6.45, 7) is 7.37. The Morgan fingerprint density at radius 1 is 1.33 bits per heavy atom. The number of amides is 1. The van der Waals surface area contributed by atoms with E-state index in [0.29, 0.717) is 12.8 Å². The molecule has 120 valence electrons. The number of furan rings is 1. The molecule has 0 atom stereocenters. The summed E-state index contributed by atoms with van der Waals surface area (Å²) in [7, 11) is -4.43. The van der Waals surface area contributed by atoms with Gasteiger partial charge in [0, 0.05) is 18.0 Å². The first kappa shape index (κ1) is 17.5. The first-order valence-electron chi connectivity index (χ1n) is 6.87. The molecule has 7 nitrogen and oxygen atoms in total. The van der Waals surface area contributed by atoms with Crippen LogP contribution in [0.4, 0.5) is 11.8 Å². The van der Waals surface area contributed by atoms with Crippen molar-refractivity contribution in [3.05, 3.63) is 6.07 Å². The second-order valence-corrected chi connectivity index (χ2v) is 6.47. The number of nitrogens with one attached hydrogen (secondary N) is 2. The second-order valence-electron chi connectivity index (χ2n) is 5.08. The summed E-state index contributed by atoms with van der Waals surface area (Å²) in [5, 5.41) is 5.30. The lowest BCUT2D eigenvalue weighted by Crippen LogP contribution is -2.21. The molecule has 0 spiro atoms. The molecule has 0 radical (unpaired) electrons. The van der Waals surface area contributed by atoms with Crippen molar-refractivity contribution in [2.24, 2.45) is 5.92 Å². The van der Waals surface area contributed by atoms with E-state index in [9.17, 15) is 17.8 Å². The Kier molecular flexibility index (Phi) is 5.79. The maximum Gasteiger partial charge on any atom is 0.300 e. The van der Waals surface area contributed by atoms with Crippen LogP contribution in [0.2, 0.25) is 0 Å². The lowest BCUT2D eigenvalue weighted by Gasteiger charge is -2.11. The number of hydrogen-bond acceptors (Lipinski definition) is 5. The van der Waals surface area contributed by atoms with Crippen LogP contribution in [0.3, 0.4) is 0 Å². The van der Waals surface area contributed by atoms with Crippen LogP contribution in [0, 0.1) is 5.92 Å². The van der Waals surface area contributed by atoms with Crippen LogP contribution in [0.1, 0.15) is 40.5 Å². The monoisotopic (exact) mass is 318 g/mol. The van der Waals surface area contributed by atoms with Gasteiger partial charge in [-0.25, -0.2) is 0 Å². The maximum absolute atomic E-state index is 12.0. The molecule has 0 aromatic carbocycles. The van der Waals surface area contributed by atoms with Crippen molar-refractivity contribution in [1.82, 2.24) is 0 Å². The van der Waals surface area contributed by atoms with Crippen molar-refractivity contribution < 1.29 is 22.2 Å². The van der Waals surface area contributed by atoms with E-state index in [0.717, 1.165) is 6.07 Å². The molecule has 1 aromatic heterocycles. The maximum atomic E-state index is 12.0. The largest absolute Gasteiger partial charge is 0.423 e. The van der Waals surface area contributed by atoms with Crippen LogP contribution < -0.4 is 10.6 Å². The molecule has 0 bridgehead atoms. The summed E-state index contributed by atoms with van der Waals surface area (Å²) in [6.07, 6.45) is 1.34.